The van der Waals surface area contributed by atoms with Crippen molar-refractivity contribution in [2.45, 2.75) is 0 Å². The first kappa shape index (κ1) is 4.83. The molecule has 0 unspecified atom stereocenters. The van der Waals surface area contributed by atoms with Gasteiger partial charge in [-0.25, -0.2) is 4.98 Å². The molecule has 1 rings (SSSR count). The largest absolute Gasteiger partial charge is 0.411 e. The maximum atomic E-state index is 7.95. The normalized spacial score (nSPS) is 10.5. The van der Waals surface area contributed by atoms with Gasteiger partial charge in [0.2, 0.25) is 0 Å². The highest BCUT2D eigenvalue weighted by atomic mass is 16.4. The quantitative estimate of drug-likeness (QED) is 0.309. The van der Waals surface area contributed by atoms with Crippen molar-refractivity contribution in [3.8, 4) is 0 Å². The summed E-state index contributed by atoms with van der Waals surface area (Å²) in [5.74, 6) is 0.549. The van der Waals surface area contributed by atoms with E-state index >= 15 is 0 Å². The van der Waals surface area contributed by atoms with Crippen LogP contribution in [0.3, 0.4) is 0 Å². The summed E-state index contributed by atoms with van der Waals surface area (Å²) < 4.78 is 0. The lowest BCUT2D eigenvalue weighted by atomic mass is 10.7. The van der Waals surface area contributed by atoms with E-state index in [-0.39, 0.29) is 0 Å². The first-order valence-electron chi connectivity index (χ1n) is 2.10. The highest BCUT2D eigenvalue weighted by molar-refractivity contribution is 5.73. The van der Waals surface area contributed by atoms with Crippen LogP contribution in [0.15, 0.2) is 17.5 Å². The van der Waals surface area contributed by atoms with E-state index in [1.807, 2.05) is 0 Å². The summed E-state index contributed by atoms with van der Waals surface area (Å²) in [6.07, 6.45) is 4.45. The number of H-pyrrole nitrogens is 1. The van der Waals surface area contributed by atoms with Crippen LogP contribution in [0, 0.1) is 0 Å². The van der Waals surface area contributed by atoms with Gasteiger partial charge in [-0.15, -0.1) is 0 Å². The monoisotopic (exact) mass is 111 g/mol. The van der Waals surface area contributed by atoms with Crippen molar-refractivity contribution in [1.29, 1.82) is 0 Å². The van der Waals surface area contributed by atoms with E-state index in [0.29, 0.717) is 5.82 Å². The zero-order chi connectivity index (χ0) is 5.82. The van der Waals surface area contributed by atoms with E-state index in [2.05, 4.69) is 15.1 Å². The molecule has 0 spiro atoms. The minimum absolute atomic E-state index is 0.549. The van der Waals surface area contributed by atoms with Crippen molar-refractivity contribution < 1.29 is 5.21 Å². The summed E-state index contributed by atoms with van der Waals surface area (Å²) in [6.45, 7) is 0. The maximum absolute atomic E-state index is 7.95. The molecular formula is C4H5N3O. The van der Waals surface area contributed by atoms with E-state index in [4.69, 9.17) is 5.21 Å². The number of rotatable bonds is 1. The summed E-state index contributed by atoms with van der Waals surface area (Å²) in [5, 5.41) is 10.7. The third kappa shape index (κ3) is 0.841. The van der Waals surface area contributed by atoms with Crippen LogP contribution in [0.25, 0.3) is 0 Å². The standard InChI is InChI=1S/C4H5N3O/c8-7-3-4-5-1-2-6-4/h1-3,8H,(H,5,6)/b7-3-. The first-order chi connectivity index (χ1) is 3.93. The Morgan fingerprint density at radius 2 is 2.75 bits per heavy atom. The van der Waals surface area contributed by atoms with Crippen molar-refractivity contribution in [2.75, 3.05) is 0 Å². The summed E-state index contributed by atoms with van der Waals surface area (Å²) in [7, 11) is 0. The Bertz CT molecular complexity index is 167. The van der Waals surface area contributed by atoms with Gasteiger partial charge in [-0.1, -0.05) is 5.16 Å². The van der Waals surface area contributed by atoms with Crippen LogP contribution in [0.5, 0.6) is 0 Å². The van der Waals surface area contributed by atoms with Crippen LogP contribution in [0.1, 0.15) is 5.82 Å². The number of imidazole rings is 1. The minimum atomic E-state index is 0.549. The van der Waals surface area contributed by atoms with Crippen molar-refractivity contribution in [2.24, 2.45) is 5.16 Å². The Morgan fingerprint density at radius 1 is 1.88 bits per heavy atom. The van der Waals surface area contributed by atoms with Crippen LogP contribution in [-0.2, 0) is 0 Å². The summed E-state index contributed by atoms with van der Waals surface area (Å²) >= 11 is 0. The lowest BCUT2D eigenvalue weighted by molar-refractivity contribution is 0.321. The fourth-order valence-corrected chi connectivity index (χ4v) is 0.403. The Labute approximate surface area is 45.9 Å². The molecule has 0 radical (unpaired) electrons. The van der Waals surface area contributed by atoms with Crippen molar-refractivity contribution in [1.82, 2.24) is 9.97 Å². The average molecular weight is 111 g/mol. The number of aromatic nitrogens is 2. The summed E-state index contributed by atoms with van der Waals surface area (Å²) in [4.78, 5) is 6.46. The van der Waals surface area contributed by atoms with E-state index in [9.17, 15) is 0 Å². The Hall–Kier alpha value is -1.32. The van der Waals surface area contributed by atoms with Gasteiger partial charge in [0, 0.05) is 12.4 Å². The number of hydrogen-bond donors (Lipinski definition) is 2. The fraction of sp³-hybridized carbons (Fsp3) is 0. The molecule has 0 saturated carbocycles. The van der Waals surface area contributed by atoms with E-state index in [0.717, 1.165) is 0 Å². The summed E-state index contributed by atoms with van der Waals surface area (Å²) in [6, 6.07) is 0. The molecule has 1 aromatic heterocycles. The number of nitrogens with zero attached hydrogens (tertiary/aromatic N) is 2. The average Bonchev–Trinajstić information content (AvgIpc) is 2.19. The predicted octanol–water partition coefficient (Wildman–Crippen LogP) is 0.218. The number of oxime groups is 1. The van der Waals surface area contributed by atoms with Gasteiger partial charge in [0.25, 0.3) is 0 Å². The fourth-order valence-electron chi connectivity index (χ4n) is 0.403. The zero-order valence-corrected chi connectivity index (χ0v) is 4.07. The summed E-state index contributed by atoms with van der Waals surface area (Å²) in [5.41, 5.74) is 0. The van der Waals surface area contributed by atoms with Gasteiger partial charge in [0.1, 0.15) is 6.21 Å². The minimum Gasteiger partial charge on any atom is -0.411 e. The number of aromatic amines is 1. The molecule has 2 N–H and O–H groups in total. The first-order valence-corrected chi connectivity index (χ1v) is 2.10. The molecule has 0 fully saturated rings. The molecule has 0 saturated heterocycles. The smallest absolute Gasteiger partial charge is 0.151 e. The van der Waals surface area contributed by atoms with E-state index in [1.54, 1.807) is 12.4 Å². The third-order valence-corrected chi connectivity index (χ3v) is 0.699. The predicted molar refractivity (Wildman–Crippen MR) is 28.0 cm³/mol. The van der Waals surface area contributed by atoms with Crippen molar-refractivity contribution in [3.63, 3.8) is 0 Å². The number of hydrogen-bond acceptors (Lipinski definition) is 3. The Morgan fingerprint density at radius 3 is 3.25 bits per heavy atom. The molecule has 0 aliphatic heterocycles. The third-order valence-electron chi connectivity index (χ3n) is 0.699. The topological polar surface area (TPSA) is 61.3 Å². The maximum Gasteiger partial charge on any atom is 0.151 e. The molecule has 0 aliphatic rings. The van der Waals surface area contributed by atoms with Gasteiger partial charge < -0.3 is 10.2 Å². The van der Waals surface area contributed by atoms with Gasteiger partial charge in [-0.05, 0) is 0 Å². The van der Waals surface area contributed by atoms with Gasteiger partial charge >= 0.3 is 0 Å². The second-order valence-electron chi connectivity index (χ2n) is 1.22. The molecule has 0 atom stereocenters. The van der Waals surface area contributed by atoms with Crippen LogP contribution in [-0.4, -0.2) is 21.4 Å². The lowest BCUT2D eigenvalue weighted by Gasteiger charge is -1.74. The van der Waals surface area contributed by atoms with Gasteiger partial charge in [-0.3, -0.25) is 0 Å². The van der Waals surface area contributed by atoms with Gasteiger partial charge in [0.05, 0.1) is 0 Å². The molecule has 0 amide bonds. The Kier molecular flexibility index (Phi) is 1.27. The molecule has 0 aromatic carbocycles. The molecule has 0 aliphatic carbocycles. The highest BCUT2D eigenvalue weighted by Crippen LogP contribution is 1.79. The molecule has 1 heterocycles. The molecule has 1 aromatic rings. The van der Waals surface area contributed by atoms with Crippen LogP contribution >= 0.6 is 0 Å². The van der Waals surface area contributed by atoms with E-state index < -0.39 is 0 Å². The second-order valence-corrected chi connectivity index (χ2v) is 1.22. The van der Waals surface area contributed by atoms with Crippen molar-refractivity contribution >= 4 is 6.21 Å². The van der Waals surface area contributed by atoms with Gasteiger partial charge in [-0.2, -0.15) is 0 Å². The zero-order valence-electron chi connectivity index (χ0n) is 4.07. The van der Waals surface area contributed by atoms with Crippen LogP contribution < -0.4 is 0 Å². The molecule has 8 heavy (non-hydrogen) atoms. The molecule has 4 heteroatoms. The van der Waals surface area contributed by atoms with Crippen molar-refractivity contribution in [3.05, 3.63) is 18.2 Å². The SMILES string of the molecule is O/N=C\c1ncc[nH]1. The van der Waals surface area contributed by atoms with Gasteiger partial charge in [0.15, 0.2) is 5.82 Å². The molecule has 42 valence electrons. The number of nitrogens with one attached hydrogen (secondary N) is 1. The van der Waals surface area contributed by atoms with Crippen LogP contribution in [0.4, 0.5) is 0 Å². The second kappa shape index (κ2) is 2.11. The lowest BCUT2D eigenvalue weighted by Crippen LogP contribution is -1.80. The molecule has 4 nitrogen and oxygen atoms in total. The van der Waals surface area contributed by atoms with E-state index in [1.165, 1.54) is 6.21 Å². The Balaban J connectivity index is 2.77. The molecule has 0 bridgehead atoms. The molecular weight excluding hydrogens is 106 g/mol. The highest BCUT2D eigenvalue weighted by Gasteiger charge is 1.82. The van der Waals surface area contributed by atoms with Crippen LogP contribution in [0.2, 0.25) is 0 Å².